The molecule has 0 spiro atoms. The molecule has 0 aliphatic heterocycles. The molecule has 0 amide bonds. The predicted molar refractivity (Wildman–Crippen MR) is 75.7 cm³/mol. The van der Waals surface area contributed by atoms with Crippen LogP contribution in [0, 0.1) is 11.7 Å². The van der Waals surface area contributed by atoms with Crippen LogP contribution in [0.25, 0.3) is 11.5 Å². The van der Waals surface area contributed by atoms with Gasteiger partial charge < -0.3 is 4.42 Å². The second-order valence-electron chi connectivity index (χ2n) is 4.42. The fourth-order valence-corrected chi connectivity index (χ4v) is 2.31. The van der Waals surface area contributed by atoms with Gasteiger partial charge in [0, 0.05) is 6.20 Å². The van der Waals surface area contributed by atoms with Gasteiger partial charge in [0.25, 0.3) is 0 Å². The molecule has 0 aliphatic carbocycles. The van der Waals surface area contributed by atoms with E-state index < -0.39 is 0 Å². The Morgan fingerprint density at radius 3 is 2.85 bits per heavy atom. The Hall–Kier alpha value is -2.28. The molecule has 0 saturated heterocycles. The minimum atomic E-state index is -0.160. The normalized spacial score (nSPS) is 12.5. The Bertz CT molecular complexity index is 773. The molecule has 3 aromatic heterocycles. The van der Waals surface area contributed by atoms with Gasteiger partial charge in [-0.1, -0.05) is 6.07 Å². The summed E-state index contributed by atoms with van der Waals surface area (Å²) in [6, 6.07) is 5.49. The first-order valence-electron chi connectivity index (χ1n) is 6.17. The van der Waals surface area contributed by atoms with Crippen LogP contribution in [0.4, 0.5) is 0 Å². The molecule has 20 heavy (non-hydrogen) atoms. The van der Waals surface area contributed by atoms with E-state index in [-0.39, 0.29) is 6.04 Å². The van der Waals surface area contributed by atoms with Crippen LogP contribution in [0.2, 0.25) is 0 Å². The van der Waals surface area contributed by atoms with Gasteiger partial charge in [-0.15, -0.1) is 0 Å². The lowest BCUT2D eigenvalue weighted by Gasteiger charge is -2.11. The molecule has 6 nitrogen and oxygen atoms in total. The number of H-pyrrole nitrogens is 1. The summed E-state index contributed by atoms with van der Waals surface area (Å²) in [5, 5.41) is 7.05. The number of oxazole rings is 1. The maximum Gasteiger partial charge on any atom is 0.217 e. The highest BCUT2D eigenvalue weighted by Gasteiger charge is 2.20. The van der Waals surface area contributed by atoms with E-state index in [4.69, 9.17) is 16.6 Å². The van der Waals surface area contributed by atoms with Gasteiger partial charge in [-0.25, -0.2) is 4.98 Å². The third-order valence-electron chi connectivity index (χ3n) is 2.98. The smallest absolute Gasteiger partial charge is 0.217 e. The van der Waals surface area contributed by atoms with Crippen LogP contribution in [0.1, 0.15) is 24.6 Å². The molecule has 0 bridgehead atoms. The Balaban J connectivity index is 2.10. The van der Waals surface area contributed by atoms with Crippen molar-refractivity contribution in [2.75, 3.05) is 0 Å². The molecular formula is C13H13N5OS. The molecule has 0 aliphatic rings. The zero-order valence-electron chi connectivity index (χ0n) is 11.1. The van der Waals surface area contributed by atoms with Crippen molar-refractivity contribution in [1.29, 1.82) is 0 Å². The van der Waals surface area contributed by atoms with Crippen LogP contribution in [0.3, 0.4) is 0 Å². The summed E-state index contributed by atoms with van der Waals surface area (Å²) in [5.41, 5.74) is 0.745. The molecule has 0 aromatic carbocycles. The average molecular weight is 287 g/mol. The Kier molecular flexibility index (Phi) is 3.19. The van der Waals surface area contributed by atoms with Crippen LogP contribution >= 0.6 is 12.2 Å². The van der Waals surface area contributed by atoms with Crippen molar-refractivity contribution in [2.45, 2.75) is 19.9 Å². The quantitative estimate of drug-likeness (QED) is 0.750. The van der Waals surface area contributed by atoms with Crippen molar-refractivity contribution in [3.05, 3.63) is 47.0 Å². The van der Waals surface area contributed by atoms with E-state index in [1.54, 1.807) is 12.4 Å². The highest BCUT2D eigenvalue weighted by Crippen LogP contribution is 2.24. The molecule has 1 N–H and O–H groups in total. The van der Waals surface area contributed by atoms with E-state index in [9.17, 15) is 0 Å². The fraction of sp³-hybridized carbons (Fsp3) is 0.231. The highest BCUT2D eigenvalue weighted by atomic mass is 32.1. The number of hydrogen-bond donors (Lipinski definition) is 1. The number of aromatic nitrogens is 5. The van der Waals surface area contributed by atoms with Gasteiger partial charge in [-0.3, -0.25) is 14.6 Å². The van der Waals surface area contributed by atoms with Crippen molar-refractivity contribution < 1.29 is 4.42 Å². The van der Waals surface area contributed by atoms with Gasteiger partial charge in [-0.05, 0) is 38.2 Å². The molecule has 1 unspecified atom stereocenters. The van der Waals surface area contributed by atoms with Crippen LogP contribution in [0.5, 0.6) is 0 Å². The maximum absolute atomic E-state index is 5.57. The van der Waals surface area contributed by atoms with Crippen molar-refractivity contribution in [3.8, 4) is 11.5 Å². The number of rotatable bonds is 3. The summed E-state index contributed by atoms with van der Waals surface area (Å²) < 4.78 is 7.93. The first-order chi connectivity index (χ1) is 9.66. The van der Waals surface area contributed by atoms with Gasteiger partial charge in [0.2, 0.25) is 5.89 Å². The average Bonchev–Trinajstić information content (AvgIpc) is 3.05. The molecule has 3 rings (SSSR count). The van der Waals surface area contributed by atoms with Crippen LogP contribution in [-0.2, 0) is 0 Å². The minimum Gasteiger partial charge on any atom is -0.444 e. The number of aryl methyl sites for hydroxylation is 1. The van der Waals surface area contributed by atoms with E-state index in [1.807, 2.05) is 36.6 Å². The highest BCUT2D eigenvalue weighted by molar-refractivity contribution is 7.71. The summed E-state index contributed by atoms with van der Waals surface area (Å²) in [7, 11) is 0. The summed E-state index contributed by atoms with van der Waals surface area (Å²) in [6.45, 7) is 3.82. The Morgan fingerprint density at radius 1 is 1.35 bits per heavy atom. The van der Waals surface area contributed by atoms with Crippen LogP contribution in [-0.4, -0.2) is 24.7 Å². The first-order valence-corrected chi connectivity index (χ1v) is 6.58. The summed E-state index contributed by atoms with van der Waals surface area (Å²) in [6.07, 6.45) is 3.41. The second kappa shape index (κ2) is 5.01. The molecule has 0 saturated carbocycles. The first kappa shape index (κ1) is 12.7. The third kappa shape index (κ3) is 2.16. The Morgan fingerprint density at radius 2 is 2.20 bits per heavy atom. The number of aromatic amines is 1. The molecular weight excluding hydrogens is 274 g/mol. The van der Waals surface area contributed by atoms with Gasteiger partial charge in [0.05, 0.1) is 6.20 Å². The van der Waals surface area contributed by atoms with Crippen molar-refractivity contribution in [3.63, 3.8) is 0 Å². The topological polar surface area (TPSA) is 72.5 Å². The van der Waals surface area contributed by atoms with Gasteiger partial charge in [0.1, 0.15) is 17.5 Å². The van der Waals surface area contributed by atoms with E-state index >= 15 is 0 Å². The van der Waals surface area contributed by atoms with Gasteiger partial charge in [-0.2, -0.15) is 5.10 Å². The van der Waals surface area contributed by atoms with Crippen LogP contribution < -0.4 is 0 Å². The largest absolute Gasteiger partial charge is 0.444 e. The lowest BCUT2D eigenvalue weighted by molar-refractivity contribution is 0.414. The standard InChI is InChI=1S/C13H13N5OS/c1-8-7-15-12(19-8)9(2)18-11(16-17-13(18)20)10-5-3-4-6-14-10/h3-7,9H,1-2H3,(H,17,20). The Labute approximate surface area is 120 Å². The molecule has 1 atom stereocenters. The zero-order chi connectivity index (χ0) is 14.1. The van der Waals surface area contributed by atoms with E-state index in [1.165, 1.54) is 0 Å². The molecule has 102 valence electrons. The summed E-state index contributed by atoms with van der Waals surface area (Å²) in [4.78, 5) is 8.56. The SMILES string of the molecule is Cc1cnc(C(C)n2c(-c3ccccn3)n[nH]c2=S)o1. The number of nitrogens with zero attached hydrogens (tertiary/aromatic N) is 4. The summed E-state index contributed by atoms with van der Waals surface area (Å²) in [5.74, 6) is 2.03. The summed E-state index contributed by atoms with van der Waals surface area (Å²) >= 11 is 5.30. The molecule has 3 aromatic rings. The van der Waals surface area contributed by atoms with Crippen molar-refractivity contribution in [2.24, 2.45) is 0 Å². The third-order valence-corrected chi connectivity index (χ3v) is 3.27. The predicted octanol–water partition coefficient (Wildman–Crippen LogP) is 2.91. The molecule has 0 fully saturated rings. The fourth-order valence-electron chi connectivity index (χ4n) is 2.02. The van der Waals surface area contributed by atoms with Gasteiger partial charge >= 0.3 is 0 Å². The number of hydrogen-bond acceptors (Lipinski definition) is 5. The lowest BCUT2D eigenvalue weighted by atomic mass is 10.3. The van der Waals surface area contributed by atoms with E-state index in [2.05, 4.69) is 20.2 Å². The number of pyridine rings is 1. The second-order valence-corrected chi connectivity index (χ2v) is 4.81. The molecule has 7 heteroatoms. The maximum atomic E-state index is 5.57. The molecule has 0 radical (unpaired) electrons. The van der Waals surface area contributed by atoms with Crippen molar-refractivity contribution in [1.82, 2.24) is 24.7 Å². The van der Waals surface area contributed by atoms with E-state index in [0.717, 1.165) is 11.5 Å². The van der Waals surface area contributed by atoms with E-state index in [0.29, 0.717) is 16.5 Å². The van der Waals surface area contributed by atoms with Crippen molar-refractivity contribution >= 4 is 12.2 Å². The van der Waals surface area contributed by atoms with Gasteiger partial charge in [0.15, 0.2) is 10.6 Å². The van der Waals surface area contributed by atoms with Crippen LogP contribution in [0.15, 0.2) is 35.0 Å². The number of nitrogens with one attached hydrogen (secondary N) is 1. The zero-order valence-corrected chi connectivity index (χ0v) is 11.9. The minimum absolute atomic E-state index is 0.160. The molecule has 3 heterocycles. The monoisotopic (exact) mass is 287 g/mol. The lowest BCUT2D eigenvalue weighted by Crippen LogP contribution is -2.09.